The molecule has 1 N–H and O–H groups in total. The number of hydrogen-bond acceptors (Lipinski definition) is 3. The summed E-state index contributed by atoms with van der Waals surface area (Å²) >= 11 is 5.88. The fourth-order valence-corrected chi connectivity index (χ4v) is 2.70. The smallest absolute Gasteiger partial charge is 0.224 e. The highest BCUT2D eigenvalue weighted by Gasteiger charge is 2.16. The third-order valence-corrected chi connectivity index (χ3v) is 4.03. The Hall–Kier alpha value is -2.73. The van der Waals surface area contributed by atoms with Crippen molar-refractivity contribution in [3.05, 3.63) is 70.7 Å². The predicted octanol–water partition coefficient (Wildman–Crippen LogP) is 5.15. The van der Waals surface area contributed by atoms with Gasteiger partial charge in [-0.1, -0.05) is 17.7 Å². The van der Waals surface area contributed by atoms with Gasteiger partial charge < -0.3 is 9.73 Å². The minimum atomic E-state index is -0.733. The summed E-state index contributed by atoms with van der Waals surface area (Å²) < 4.78 is 32.9. The number of carbonyl (C=O) groups is 1. The van der Waals surface area contributed by atoms with E-state index in [1.807, 2.05) is 6.92 Å². The summed E-state index contributed by atoms with van der Waals surface area (Å²) in [5.74, 6) is -1.48. The highest BCUT2D eigenvalue weighted by atomic mass is 35.5. The number of hydrogen-bond donors (Lipinski definition) is 1. The molecule has 0 fully saturated rings. The first-order valence-corrected chi connectivity index (χ1v) is 8.27. The molecule has 0 atom stereocenters. The topological polar surface area (TPSA) is 55.1 Å². The molecule has 0 bridgehead atoms. The molecule has 2 aromatic carbocycles. The Morgan fingerprint density at radius 2 is 1.96 bits per heavy atom. The Morgan fingerprint density at radius 1 is 1.23 bits per heavy atom. The van der Waals surface area contributed by atoms with Crippen LogP contribution in [0.3, 0.4) is 0 Å². The van der Waals surface area contributed by atoms with Gasteiger partial charge in [0.2, 0.25) is 5.91 Å². The number of aromatic nitrogens is 1. The van der Waals surface area contributed by atoms with Gasteiger partial charge in [-0.05, 0) is 42.8 Å². The minimum Gasteiger partial charge on any atom is -0.441 e. The van der Waals surface area contributed by atoms with Gasteiger partial charge in [-0.2, -0.15) is 0 Å². The number of nitrogens with one attached hydrogen (secondary N) is 1. The number of rotatable bonds is 5. The van der Waals surface area contributed by atoms with E-state index in [0.29, 0.717) is 10.7 Å². The van der Waals surface area contributed by atoms with Crippen molar-refractivity contribution >= 4 is 23.2 Å². The fraction of sp³-hybridized carbons (Fsp3) is 0.158. The maximum absolute atomic E-state index is 13.8. The number of aryl methyl sites for hydroxylation is 2. The van der Waals surface area contributed by atoms with Crippen molar-refractivity contribution in [1.29, 1.82) is 0 Å². The molecule has 1 heterocycles. The second-order valence-corrected chi connectivity index (χ2v) is 6.16. The van der Waals surface area contributed by atoms with Gasteiger partial charge in [-0.25, -0.2) is 13.8 Å². The Balaban J connectivity index is 1.64. The molecule has 0 saturated carbocycles. The predicted molar refractivity (Wildman–Crippen MR) is 95.0 cm³/mol. The van der Waals surface area contributed by atoms with Gasteiger partial charge in [0.05, 0.1) is 11.8 Å². The number of amides is 1. The third-order valence-electron chi connectivity index (χ3n) is 3.79. The standard InChI is InChI=1S/C19H15ClF2N2O2/c1-11-9-12(20)5-6-15(11)24-17(25)7-8-18-23-10-16(26-18)19-13(21)3-2-4-14(19)22/h2-6,9-10H,7-8H2,1H3,(H,24,25). The van der Waals surface area contributed by atoms with Crippen LogP contribution in [-0.4, -0.2) is 10.9 Å². The largest absolute Gasteiger partial charge is 0.441 e. The van der Waals surface area contributed by atoms with Crippen molar-refractivity contribution in [2.24, 2.45) is 0 Å². The molecule has 0 aliphatic carbocycles. The highest BCUT2D eigenvalue weighted by Crippen LogP contribution is 2.27. The van der Waals surface area contributed by atoms with E-state index in [2.05, 4.69) is 10.3 Å². The van der Waals surface area contributed by atoms with Crippen LogP contribution >= 0.6 is 11.6 Å². The first-order valence-electron chi connectivity index (χ1n) is 7.89. The van der Waals surface area contributed by atoms with Crippen molar-refractivity contribution in [3.63, 3.8) is 0 Å². The summed E-state index contributed by atoms with van der Waals surface area (Å²) in [6, 6.07) is 8.72. The average Bonchev–Trinajstić information content (AvgIpc) is 3.04. The van der Waals surface area contributed by atoms with Gasteiger partial charge in [-0.15, -0.1) is 0 Å². The SMILES string of the molecule is Cc1cc(Cl)ccc1NC(=O)CCc1ncc(-c2c(F)cccc2F)o1. The van der Waals surface area contributed by atoms with Gasteiger partial charge in [0.15, 0.2) is 11.7 Å². The van der Waals surface area contributed by atoms with E-state index in [9.17, 15) is 13.6 Å². The van der Waals surface area contributed by atoms with Gasteiger partial charge in [0.25, 0.3) is 0 Å². The quantitative estimate of drug-likeness (QED) is 0.669. The lowest BCUT2D eigenvalue weighted by atomic mass is 10.1. The molecule has 0 aliphatic rings. The van der Waals surface area contributed by atoms with Crippen LogP contribution in [0.25, 0.3) is 11.3 Å². The molecule has 0 spiro atoms. The van der Waals surface area contributed by atoms with Crippen molar-refractivity contribution < 1.29 is 18.0 Å². The fourth-order valence-electron chi connectivity index (χ4n) is 2.48. The highest BCUT2D eigenvalue weighted by molar-refractivity contribution is 6.30. The second-order valence-electron chi connectivity index (χ2n) is 5.72. The minimum absolute atomic E-state index is 0.00967. The van der Waals surface area contributed by atoms with Crippen LogP contribution in [0.2, 0.25) is 5.02 Å². The number of halogens is 3. The Morgan fingerprint density at radius 3 is 2.65 bits per heavy atom. The molecule has 0 radical (unpaired) electrons. The lowest BCUT2D eigenvalue weighted by molar-refractivity contribution is -0.116. The number of carbonyl (C=O) groups excluding carboxylic acids is 1. The lowest BCUT2D eigenvalue weighted by Gasteiger charge is -2.08. The van der Waals surface area contributed by atoms with E-state index in [-0.39, 0.29) is 36.0 Å². The second kappa shape index (κ2) is 7.66. The number of oxazole rings is 1. The first-order chi connectivity index (χ1) is 12.4. The molecule has 3 rings (SSSR count). The molecule has 4 nitrogen and oxygen atoms in total. The molecule has 0 saturated heterocycles. The average molecular weight is 377 g/mol. The monoisotopic (exact) mass is 376 g/mol. The number of nitrogens with zero attached hydrogens (tertiary/aromatic N) is 1. The first kappa shape index (κ1) is 18.1. The van der Waals surface area contributed by atoms with Crippen molar-refractivity contribution in [3.8, 4) is 11.3 Å². The zero-order chi connectivity index (χ0) is 18.7. The van der Waals surface area contributed by atoms with Gasteiger partial charge in [0.1, 0.15) is 11.6 Å². The van der Waals surface area contributed by atoms with E-state index in [1.54, 1.807) is 18.2 Å². The number of benzene rings is 2. The summed E-state index contributed by atoms with van der Waals surface area (Å²) in [6.45, 7) is 1.84. The Bertz CT molecular complexity index is 936. The third kappa shape index (κ3) is 4.08. The molecular formula is C19H15ClF2N2O2. The van der Waals surface area contributed by atoms with Crippen LogP contribution in [0.4, 0.5) is 14.5 Å². The van der Waals surface area contributed by atoms with Crippen LogP contribution in [0.1, 0.15) is 17.9 Å². The summed E-state index contributed by atoms with van der Waals surface area (Å²) in [6.07, 6.45) is 1.56. The normalized spacial score (nSPS) is 10.8. The molecule has 0 aliphatic heterocycles. The van der Waals surface area contributed by atoms with E-state index in [1.165, 1.54) is 12.3 Å². The van der Waals surface area contributed by atoms with Crippen LogP contribution in [0.5, 0.6) is 0 Å². The summed E-state index contributed by atoms with van der Waals surface area (Å²) in [5, 5.41) is 3.37. The maximum atomic E-state index is 13.8. The molecule has 134 valence electrons. The van der Waals surface area contributed by atoms with Gasteiger partial charge >= 0.3 is 0 Å². The van der Waals surface area contributed by atoms with Crippen LogP contribution in [-0.2, 0) is 11.2 Å². The molecule has 26 heavy (non-hydrogen) atoms. The molecule has 7 heteroatoms. The van der Waals surface area contributed by atoms with Crippen LogP contribution in [0.15, 0.2) is 47.0 Å². The Labute approximate surface area is 153 Å². The van der Waals surface area contributed by atoms with E-state index in [0.717, 1.165) is 17.7 Å². The lowest BCUT2D eigenvalue weighted by Crippen LogP contribution is -2.13. The molecule has 0 unspecified atom stereocenters. The van der Waals surface area contributed by atoms with Crippen molar-refractivity contribution in [1.82, 2.24) is 4.98 Å². The summed E-state index contributed by atoms with van der Waals surface area (Å²) in [7, 11) is 0. The Kier molecular flexibility index (Phi) is 5.32. The zero-order valence-electron chi connectivity index (χ0n) is 13.9. The maximum Gasteiger partial charge on any atom is 0.224 e. The van der Waals surface area contributed by atoms with Crippen LogP contribution in [0, 0.1) is 18.6 Å². The molecular weight excluding hydrogens is 362 g/mol. The van der Waals surface area contributed by atoms with E-state index >= 15 is 0 Å². The zero-order valence-corrected chi connectivity index (χ0v) is 14.6. The van der Waals surface area contributed by atoms with E-state index in [4.69, 9.17) is 16.0 Å². The molecule has 1 amide bonds. The van der Waals surface area contributed by atoms with Crippen molar-refractivity contribution in [2.75, 3.05) is 5.32 Å². The van der Waals surface area contributed by atoms with Crippen molar-refractivity contribution in [2.45, 2.75) is 19.8 Å². The van der Waals surface area contributed by atoms with Gasteiger partial charge in [-0.3, -0.25) is 4.79 Å². The van der Waals surface area contributed by atoms with Crippen LogP contribution < -0.4 is 5.32 Å². The number of anilines is 1. The molecule has 1 aromatic heterocycles. The van der Waals surface area contributed by atoms with E-state index < -0.39 is 11.6 Å². The summed E-state index contributed by atoms with van der Waals surface area (Å²) in [4.78, 5) is 16.1. The molecule has 3 aromatic rings. The summed E-state index contributed by atoms with van der Waals surface area (Å²) in [5.41, 5.74) is 1.24. The van der Waals surface area contributed by atoms with Gasteiger partial charge in [0, 0.05) is 23.6 Å².